The average molecular weight is 237 g/mol. The zero-order chi connectivity index (χ0) is 12.3. The number of hydrogen-bond donors (Lipinski definition) is 0. The summed E-state index contributed by atoms with van der Waals surface area (Å²) in [5, 5.41) is 0. The molecule has 0 radical (unpaired) electrons. The molecule has 0 aromatic rings. The van der Waals surface area contributed by atoms with Crippen LogP contribution in [0.1, 0.15) is 45.4 Å². The highest BCUT2D eigenvalue weighted by Crippen LogP contribution is 2.35. The van der Waals surface area contributed by atoms with Gasteiger partial charge in [0, 0.05) is 12.1 Å². The highest BCUT2D eigenvalue weighted by atomic mass is 16.5. The Morgan fingerprint density at radius 1 is 1.41 bits per heavy atom. The number of ether oxygens (including phenoxy) is 1. The third-order valence-corrected chi connectivity index (χ3v) is 4.08. The largest absolute Gasteiger partial charge is 0.466 e. The van der Waals surface area contributed by atoms with Crippen LogP contribution in [0.4, 0.5) is 0 Å². The number of nitrogens with zero attached hydrogens (tertiary/aromatic N) is 1. The summed E-state index contributed by atoms with van der Waals surface area (Å²) in [5.74, 6) is -0.0934. The molecule has 2 aliphatic heterocycles. The van der Waals surface area contributed by atoms with Crippen LogP contribution < -0.4 is 0 Å². The SMILES string of the molecule is CCOC(=O)CC=C1CC2CCCC(C1)N2C. The second kappa shape index (κ2) is 5.67. The lowest BCUT2D eigenvalue weighted by Gasteiger charge is -2.45. The maximum Gasteiger partial charge on any atom is 0.309 e. The van der Waals surface area contributed by atoms with Gasteiger partial charge in [0.05, 0.1) is 13.0 Å². The van der Waals surface area contributed by atoms with Crippen molar-refractivity contribution in [3.8, 4) is 0 Å². The second-order valence-electron chi connectivity index (χ2n) is 5.18. The molecule has 17 heavy (non-hydrogen) atoms. The van der Waals surface area contributed by atoms with Crippen molar-refractivity contribution in [2.75, 3.05) is 13.7 Å². The summed E-state index contributed by atoms with van der Waals surface area (Å²) in [5.41, 5.74) is 1.46. The van der Waals surface area contributed by atoms with Crippen molar-refractivity contribution in [1.29, 1.82) is 0 Å². The first-order chi connectivity index (χ1) is 8.20. The van der Waals surface area contributed by atoms with Crippen molar-refractivity contribution < 1.29 is 9.53 Å². The van der Waals surface area contributed by atoms with Gasteiger partial charge in [-0.2, -0.15) is 0 Å². The van der Waals surface area contributed by atoms with E-state index < -0.39 is 0 Å². The Balaban J connectivity index is 1.90. The number of piperidine rings is 2. The maximum atomic E-state index is 11.3. The molecular weight excluding hydrogens is 214 g/mol. The van der Waals surface area contributed by atoms with Crippen LogP contribution in [0, 0.1) is 0 Å². The van der Waals surface area contributed by atoms with Crippen LogP contribution in [0.15, 0.2) is 11.6 Å². The van der Waals surface area contributed by atoms with E-state index in [-0.39, 0.29) is 5.97 Å². The Morgan fingerprint density at radius 3 is 2.65 bits per heavy atom. The van der Waals surface area contributed by atoms with Gasteiger partial charge in [-0.3, -0.25) is 9.69 Å². The molecule has 2 rings (SSSR count). The predicted molar refractivity (Wildman–Crippen MR) is 67.8 cm³/mol. The molecule has 0 aromatic heterocycles. The molecule has 2 unspecified atom stereocenters. The van der Waals surface area contributed by atoms with Crippen LogP contribution in [0.3, 0.4) is 0 Å². The second-order valence-corrected chi connectivity index (χ2v) is 5.18. The Labute approximate surface area is 104 Å². The molecule has 2 fully saturated rings. The third-order valence-electron chi connectivity index (χ3n) is 4.08. The first-order valence-electron chi connectivity index (χ1n) is 6.76. The average Bonchev–Trinajstić information content (AvgIpc) is 2.27. The van der Waals surface area contributed by atoms with E-state index in [0.29, 0.717) is 25.1 Å². The number of carbonyl (C=O) groups is 1. The van der Waals surface area contributed by atoms with E-state index in [0.717, 1.165) is 12.8 Å². The summed E-state index contributed by atoms with van der Waals surface area (Å²) in [6.45, 7) is 2.33. The zero-order valence-electron chi connectivity index (χ0n) is 10.9. The van der Waals surface area contributed by atoms with Gasteiger partial charge >= 0.3 is 5.97 Å². The van der Waals surface area contributed by atoms with Crippen LogP contribution >= 0.6 is 0 Å². The highest BCUT2D eigenvalue weighted by Gasteiger charge is 2.32. The summed E-state index contributed by atoms with van der Waals surface area (Å²) in [7, 11) is 2.25. The first-order valence-corrected chi connectivity index (χ1v) is 6.76. The van der Waals surface area contributed by atoms with Crippen LogP contribution in [0.25, 0.3) is 0 Å². The molecule has 0 aromatic carbocycles. The van der Waals surface area contributed by atoms with Gasteiger partial charge in [0.15, 0.2) is 0 Å². The Hall–Kier alpha value is -0.830. The molecule has 0 saturated carbocycles. The number of hydrogen-bond acceptors (Lipinski definition) is 3. The number of esters is 1. The van der Waals surface area contributed by atoms with E-state index in [1.165, 1.54) is 24.8 Å². The van der Waals surface area contributed by atoms with Crippen molar-refractivity contribution >= 4 is 5.97 Å². The Morgan fingerprint density at radius 2 is 2.06 bits per heavy atom. The van der Waals surface area contributed by atoms with Gasteiger partial charge in [0.1, 0.15) is 0 Å². The van der Waals surface area contributed by atoms with E-state index in [1.54, 1.807) is 0 Å². The lowest BCUT2D eigenvalue weighted by atomic mass is 9.82. The molecule has 0 N–H and O–H groups in total. The number of carbonyl (C=O) groups excluding carboxylic acids is 1. The Bertz CT molecular complexity index is 295. The molecule has 2 atom stereocenters. The minimum atomic E-state index is -0.0934. The predicted octanol–water partition coefficient (Wildman–Crippen LogP) is 2.51. The van der Waals surface area contributed by atoms with E-state index in [1.807, 2.05) is 6.92 Å². The molecule has 2 bridgehead atoms. The minimum absolute atomic E-state index is 0.0934. The quantitative estimate of drug-likeness (QED) is 0.558. The fourth-order valence-corrected chi connectivity index (χ4v) is 3.09. The van der Waals surface area contributed by atoms with E-state index >= 15 is 0 Å². The van der Waals surface area contributed by atoms with Crippen molar-refractivity contribution in [1.82, 2.24) is 4.90 Å². The molecule has 2 heterocycles. The molecule has 0 aliphatic carbocycles. The van der Waals surface area contributed by atoms with Crippen molar-refractivity contribution in [2.24, 2.45) is 0 Å². The minimum Gasteiger partial charge on any atom is -0.466 e. The van der Waals surface area contributed by atoms with Gasteiger partial charge in [0.25, 0.3) is 0 Å². The van der Waals surface area contributed by atoms with Crippen LogP contribution in [-0.4, -0.2) is 36.6 Å². The molecule has 0 spiro atoms. The van der Waals surface area contributed by atoms with Gasteiger partial charge in [-0.25, -0.2) is 0 Å². The molecule has 2 saturated heterocycles. The lowest BCUT2D eigenvalue weighted by Crippen LogP contribution is -2.47. The first kappa shape index (κ1) is 12.6. The molecular formula is C14H23NO2. The monoisotopic (exact) mass is 237 g/mol. The van der Waals surface area contributed by atoms with Crippen molar-refractivity contribution in [2.45, 2.75) is 57.5 Å². The lowest BCUT2D eigenvalue weighted by molar-refractivity contribution is -0.142. The summed E-state index contributed by atoms with van der Waals surface area (Å²) < 4.78 is 4.95. The van der Waals surface area contributed by atoms with E-state index in [9.17, 15) is 4.79 Å². The summed E-state index contributed by atoms with van der Waals surface area (Å²) >= 11 is 0. The van der Waals surface area contributed by atoms with Crippen molar-refractivity contribution in [3.05, 3.63) is 11.6 Å². The Kier molecular flexibility index (Phi) is 4.21. The van der Waals surface area contributed by atoms with Crippen molar-refractivity contribution in [3.63, 3.8) is 0 Å². The molecule has 3 heteroatoms. The normalized spacial score (nSPS) is 28.9. The molecule has 2 aliphatic rings. The number of rotatable bonds is 3. The van der Waals surface area contributed by atoms with Gasteiger partial charge in [-0.1, -0.05) is 18.1 Å². The number of fused-ring (bicyclic) bond motifs is 2. The third kappa shape index (κ3) is 3.09. The summed E-state index contributed by atoms with van der Waals surface area (Å²) in [6.07, 6.45) is 8.83. The standard InChI is InChI=1S/C14H23NO2/c1-3-17-14(16)8-7-11-9-12-5-4-6-13(10-11)15(12)2/h7,12-13H,3-6,8-10H2,1-2H3. The fourth-order valence-electron chi connectivity index (χ4n) is 3.09. The summed E-state index contributed by atoms with van der Waals surface area (Å²) in [4.78, 5) is 13.9. The molecule has 96 valence electrons. The van der Waals surface area contributed by atoms with Crippen LogP contribution in [-0.2, 0) is 9.53 Å². The van der Waals surface area contributed by atoms with Gasteiger partial charge in [-0.05, 0) is 39.7 Å². The van der Waals surface area contributed by atoms with Gasteiger partial charge in [-0.15, -0.1) is 0 Å². The molecule has 0 amide bonds. The van der Waals surface area contributed by atoms with Crippen LogP contribution in [0.2, 0.25) is 0 Å². The summed E-state index contributed by atoms with van der Waals surface area (Å²) in [6, 6.07) is 1.41. The topological polar surface area (TPSA) is 29.5 Å². The van der Waals surface area contributed by atoms with Gasteiger partial charge < -0.3 is 4.74 Å². The van der Waals surface area contributed by atoms with E-state index in [2.05, 4.69) is 18.0 Å². The van der Waals surface area contributed by atoms with Gasteiger partial charge in [0.2, 0.25) is 0 Å². The molecule has 3 nitrogen and oxygen atoms in total. The fraction of sp³-hybridized carbons (Fsp3) is 0.786. The zero-order valence-corrected chi connectivity index (χ0v) is 10.9. The highest BCUT2D eigenvalue weighted by molar-refractivity contribution is 5.71. The maximum absolute atomic E-state index is 11.3. The van der Waals surface area contributed by atoms with E-state index in [4.69, 9.17) is 4.74 Å². The smallest absolute Gasteiger partial charge is 0.309 e. The van der Waals surface area contributed by atoms with Crippen LogP contribution in [0.5, 0.6) is 0 Å².